The van der Waals surface area contributed by atoms with Crippen LogP contribution < -0.4 is 10.6 Å². The molecule has 1 atom stereocenters. The van der Waals surface area contributed by atoms with Crippen LogP contribution in [0.5, 0.6) is 0 Å². The molecular weight excluding hydrogens is 487 g/mol. The number of nitrogens with one attached hydrogen (secondary N) is 2. The van der Waals surface area contributed by atoms with E-state index in [9.17, 15) is 0 Å². The second-order valence-corrected chi connectivity index (χ2v) is 8.87. The molecular formula is C20H41IN4O2S. The third kappa shape index (κ3) is 7.81. The van der Waals surface area contributed by atoms with E-state index in [0.29, 0.717) is 12.0 Å². The van der Waals surface area contributed by atoms with E-state index in [4.69, 9.17) is 9.47 Å². The van der Waals surface area contributed by atoms with Crippen molar-refractivity contribution in [3.63, 3.8) is 0 Å². The average molecular weight is 529 g/mol. The molecule has 2 aliphatic rings. The minimum absolute atomic E-state index is 0. The molecule has 6 nitrogen and oxygen atoms in total. The van der Waals surface area contributed by atoms with Gasteiger partial charge in [0.25, 0.3) is 0 Å². The quantitative estimate of drug-likeness (QED) is 0.273. The highest BCUT2D eigenvalue weighted by Gasteiger charge is 2.32. The fourth-order valence-corrected chi connectivity index (χ4v) is 4.99. The molecule has 0 bridgehead atoms. The van der Waals surface area contributed by atoms with Gasteiger partial charge in [0, 0.05) is 57.2 Å². The molecule has 0 saturated carbocycles. The number of nitrogens with zero attached hydrogens (tertiary/aromatic N) is 2. The first kappa shape index (κ1) is 26.3. The Kier molecular flexibility index (Phi) is 13.4. The Labute approximate surface area is 193 Å². The van der Waals surface area contributed by atoms with E-state index >= 15 is 0 Å². The van der Waals surface area contributed by atoms with Gasteiger partial charge >= 0.3 is 0 Å². The Balaban J connectivity index is 0.00000392. The summed E-state index contributed by atoms with van der Waals surface area (Å²) >= 11 is 1.96. The predicted molar refractivity (Wildman–Crippen MR) is 131 cm³/mol. The zero-order valence-electron chi connectivity index (χ0n) is 18.2. The second kappa shape index (κ2) is 14.3. The number of ether oxygens (including phenoxy) is 2. The zero-order valence-corrected chi connectivity index (χ0v) is 21.3. The van der Waals surface area contributed by atoms with Crippen molar-refractivity contribution in [3.8, 4) is 0 Å². The summed E-state index contributed by atoms with van der Waals surface area (Å²) in [5, 5.41) is 7.20. The molecule has 0 aromatic carbocycles. The van der Waals surface area contributed by atoms with Gasteiger partial charge in [-0.2, -0.15) is 11.8 Å². The van der Waals surface area contributed by atoms with E-state index in [1.165, 1.54) is 12.8 Å². The van der Waals surface area contributed by atoms with Crippen molar-refractivity contribution in [3.05, 3.63) is 0 Å². The van der Waals surface area contributed by atoms with Gasteiger partial charge in [-0.25, -0.2) is 0 Å². The van der Waals surface area contributed by atoms with Gasteiger partial charge in [0.2, 0.25) is 0 Å². The van der Waals surface area contributed by atoms with E-state index in [0.717, 1.165) is 71.4 Å². The minimum atomic E-state index is 0. The molecule has 2 saturated heterocycles. The SMILES string of the molecule is CCC(CC)C(CNC(=NC)NCC1(SC)CCOCC1)N1CCOCC1.I. The molecule has 2 fully saturated rings. The number of halogens is 1. The number of aliphatic imine (C=N–C) groups is 1. The van der Waals surface area contributed by atoms with Crippen LogP contribution in [0.25, 0.3) is 0 Å². The van der Waals surface area contributed by atoms with Crippen LogP contribution in [0.4, 0.5) is 0 Å². The second-order valence-electron chi connectivity index (χ2n) is 7.60. The van der Waals surface area contributed by atoms with Crippen LogP contribution in [-0.4, -0.2) is 87.6 Å². The van der Waals surface area contributed by atoms with E-state index in [2.05, 4.69) is 40.6 Å². The molecule has 1 unspecified atom stereocenters. The minimum Gasteiger partial charge on any atom is -0.381 e. The maximum absolute atomic E-state index is 5.56. The lowest BCUT2D eigenvalue weighted by atomic mass is 9.92. The van der Waals surface area contributed by atoms with Crippen molar-refractivity contribution < 1.29 is 9.47 Å². The molecule has 2 aliphatic heterocycles. The van der Waals surface area contributed by atoms with Crippen LogP contribution >= 0.6 is 35.7 Å². The first-order valence-corrected chi connectivity index (χ1v) is 11.8. The largest absolute Gasteiger partial charge is 0.381 e. The molecule has 28 heavy (non-hydrogen) atoms. The molecule has 0 aromatic heterocycles. The summed E-state index contributed by atoms with van der Waals surface area (Å²) in [7, 11) is 1.87. The van der Waals surface area contributed by atoms with Crippen LogP contribution in [0.3, 0.4) is 0 Å². The van der Waals surface area contributed by atoms with E-state index in [1.807, 2.05) is 18.8 Å². The Bertz CT molecular complexity index is 440. The summed E-state index contributed by atoms with van der Waals surface area (Å²) in [4.78, 5) is 7.08. The molecule has 0 spiro atoms. The fourth-order valence-electron chi connectivity index (χ4n) is 4.20. The Morgan fingerprint density at radius 2 is 1.68 bits per heavy atom. The first-order valence-electron chi connectivity index (χ1n) is 10.6. The maximum Gasteiger partial charge on any atom is 0.191 e. The number of rotatable bonds is 9. The van der Waals surface area contributed by atoms with Gasteiger partial charge in [-0.15, -0.1) is 24.0 Å². The highest BCUT2D eigenvalue weighted by molar-refractivity contribution is 14.0. The molecule has 2 N–H and O–H groups in total. The standard InChI is InChI=1S/C20H40N4O2S.HI/c1-5-17(6-2)18(24-9-13-26-14-10-24)15-22-19(21-3)23-16-20(27-4)7-11-25-12-8-20;/h17-18H,5-16H2,1-4H3,(H2,21,22,23);1H. The van der Waals surface area contributed by atoms with Crippen LogP contribution in [0.2, 0.25) is 0 Å². The normalized spacial score (nSPS) is 21.8. The van der Waals surface area contributed by atoms with Crippen molar-refractivity contribution in [2.75, 3.05) is 65.9 Å². The highest BCUT2D eigenvalue weighted by atomic mass is 127. The van der Waals surface area contributed by atoms with Gasteiger partial charge < -0.3 is 20.1 Å². The molecule has 2 heterocycles. The van der Waals surface area contributed by atoms with Crippen molar-refractivity contribution in [2.24, 2.45) is 10.9 Å². The lowest BCUT2D eigenvalue weighted by Gasteiger charge is -2.39. The maximum atomic E-state index is 5.56. The molecule has 166 valence electrons. The van der Waals surface area contributed by atoms with Crippen molar-refractivity contribution in [1.82, 2.24) is 15.5 Å². The van der Waals surface area contributed by atoms with Gasteiger partial charge in [0.15, 0.2) is 5.96 Å². The third-order valence-electron chi connectivity index (χ3n) is 6.22. The van der Waals surface area contributed by atoms with Gasteiger partial charge in [-0.1, -0.05) is 26.7 Å². The van der Waals surface area contributed by atoms with Crippen LogP contribution in [-0.2, 0) is 9.47 Å². The number of hydrogen-bond donors (Lipinski definition) is 2. The Hall–Kier alpha value is 0.230. The predicted octanol–water partition coefficient (Wildman–Crippen LogP) is 2.82. The van der Waals surface area contributed by atoms with Gasteiger partial charge in [0.05, 0.1) is 13.2 Å². The smallest absolute Gasteiger partial charge is 0.191 e. The molecule has 2 rings (SSSR count). The van der Waals surface area contributed by atoms with Crippen LogP contribution in [0, 0.1) is 5.92 Å². The average Bonchev–Trinajstić information content (AvgIpc) is 2.74. The number of thioether (sulfide) groups is 1. The van der Waals surface area contributed by atoms with E-state index < -0.39 is 0 Å². The summed E-state index contributed by atoms with van der Waals surface area (Å²) in [6.45, 7) is 12.0. The first-order chi connectivity index (χ1) is 13.2. The summed E-state index contributed by atoms with van der Waals surface area (Å²) < 4.78 is 11.4. The highest BCUT2D eigenvalue weighted by Crippen LogP contribution is 2.32. The molecule has 0 radical (unpaired) electrons. The van der Waals surface area contributed by atoms with Crippen molar-refractivity contribution in [2.45, 2.75) is 50.3 Å². The zero-order chi connectivity index (χ0) is 19.5. The third-order valence-corrected chi connectivity index (χ3v) is 7.64. The van der Waals surface area contributed by atoms with E-state index in [-0.39, 0.29) is 28.7 Å². The molecule has 8 heteroatoms. The fraction of sp³-hybridized carbons (Fsp3) is 0.950. The molecule has 0 aromatic rings. The molecule has 0 aliphatic carbocycles. The van der Waals surface area contributed by atoms with Gasteiger partial charge in [-0.05, 0) is 25.0 Å². The Morgan fingerprint density at radius 3 is 2.21 bits per heavy atom. The van der Waals surface area contributed by atoms with Gasteiger partial charge in [-0.3, -0.25) is 9.89 Å². The number of guanidine groups is 1. The molecule has 0 amide bonds. The van der Waals surface area contributed by atoms with Crippen LogP contribution in [0.1, 0.15) is 39.5 Å². The summed E-state index contributed by atoms with van der Waals surface area (Å²) in [5.74, 6) is 1.61. The topological polar surface area (TPSA) is 58.1 Å². The summed E-state index contributed by atoms with van der Waals surface area (Å²) in [5.41, 5.74) is 0. The van der Waals surface area contributed by atoms with E-state index in [1.54, 1.807) is 0 Å². The lowest BCUT2D eigenvalue weighted by Crippen LogP contribution is -2.54. The van der Waals surface area contributed by atoms with Crippen molar-refractivity contribution in [1.29, 1.82) is 0 Å². The summed E-state index contributed by atoms with van der Waals surface area (Å²) in [6, 6.07) is 0.528. The van der Waals surface area contributed by atoms with Gasteiger partial charge in [0.1, 0.15) is 0 Å². The Morgan fingerprint density at radius 1 is 1.07 bits per heavy atom. The van der Waals surface area contributed by atoms with Crippen LogP contribution in [0.15, 0.2) is 4.99 Å². The monoisotopic (exact) mass is 528 g/mol. The summed E-state index contributed by atoms with van der Waals surface area (Å²) in [6.07, 6.45) is 6.83. The number of morpholine rings is 1. The lowest BCUT2D eigenvalue weighted by molar-refractivity contribution is 0.00271. The number of hydrogen-bond acceptors (Lipinski definition) is 5. The van der Waals surface area contributed by atoms with Crippen molar-refractivity contribution >= 4 is 41.7 Å².